The predicted molar refractivity (Wildman–Crippen MR) is 66.8 cm³/mol. The van der Waals surface area contributed by atoms with E-state index in [0.717, 1.165) is 5.56 Å². The molecule has 0 saturated carbocycles. The minimum absolute atomic E-state index is 0.252. The van der Waals surface area contributed by atoms with Crippen LogP contribution in [0.4, 0.5) is 0 Å². The Kier molecular flexibility index (Phi) is 4.97. The number of oxime groups is 1. The van der Waals surface area contributed by atoms with E-state index in [1.807, 2.05) is 26.0 Å². The van der Waals surface area contributed by atoms with Crippen molar-refractivity contribution >= 4 is 5.71 Å². The third kappa shape index (κ3) is 3.75. The van der Waals surface area contributed by atoms with Gasteiger partial charge in [-0.3, -0.25) is 0 Å². The smallest absolute Gasteiger partial charge is 0.121 e. The van der Waals surface area contributed by atoms with E-state index < -0.39 is 6.10 Å². The fourth-order valence-electron chi connectivity index (χ4n) is 1.37. The lowest BCUT2D eigenvalue weighted by molar-refractivity contribution is 0.0604. The summed E-state index contributed by atoms with van der Waals surface area (Å²) in [6, 6.07) is 7.27. The molecule has 0 fully saturated rings. The molecule has 4 nitrogen and oxygen atoms in total. The number of rotatable bonds is 5. The fourth-order valence-corrected chi connectivity index (χ4v) is 1.37. The SMILES string of the molecule is CCC(=NO)c1ccc(OC(C)C(C)O)cc1. The molecular weight excluding hydrogens is 218 g/mol. The van der Waals surface area contributed by atoms with Crippen molar-refractivity contribution in [2.24, 2.45) is 5.16 Å². The molecule has 4 heteroatoms. The summed E-state index contributed by atoms with van der Waals surface area (Å²) in [7, 11) is 0. The summed E-state index contributed by atoms with van der Waals surface area (Å²) in [5, 5.41) is 21.3. The molecule has 94 valence electrons. The molecule has 2 atom stereocenters. The van der Waals surface area contributed by atoms with Crippen LogP contribution in [0.1, 0.15) is 32.8 Å². The summed E-state index contributed by atoms with van der Waals surface area (Å²) in [6.45, 7) is 5.42. The van der Waals surface area contributed by atoms with Gasteiger partial charge < -0.3 is 15.1 Å². The number of hydrogen-bond acceptors (Lipinski definition) is 4. The Morgan fingerprint density at radius 1 is 1.29 bits per heavy atom. The standard InChI is InChI=1S/C13H19NO3/c1-4-13(14-16)11-5-7-12(8-6-11)17-10(3)9(2)15/h5-10,15-16H,4H2,1-3H3. The van der Waals surface area contributed by atoms with Crippen LogP contribution in [0.5, 0.6) is 5.75 Å². The molecule has 1 aromatic rings. The number of nitrogens with zero attached hydrogens (tertiary/aromatic N) is 1. The van der Waals surface area contributed by atoms with Crippen molar-refractivity contribution in [3.05, 3.63) is 29.8 Å². The molecule has 0 spiro atoms. The zero-order valence-electron chi connectivity index (χ0n) is 10.4. The first-order chi connectivity index (χ1) is 8.08. The molecule has 0 bridgehead atoms. The van der Waals surface area contributed by atoms with Crippen LogP contribution in [-0.4, -0.2) is 28.2 Å². The molecule has 17 heavy (non-hydrogen) atoms. The van der Waals surface area contributed by atoms with Gasteiger partial charge >= 0.3 is 0 Å². The van der Waals surface area contributed by atoms with E-state index in [-0.39, 0.29) is 6.10 Å². The third-order valence-electron chi connectivity index (χ3n) is 2.64. The third-order valence-corrected chi connectivity index (χ3v) is 2.64. The lowest BCUT2D eigenvalue weighted by Crippen LogP contribution is -2.25. The topological polar surface area (TPSA) is 62.1 Å². The van der Waals surface area contributed by atoms with E-state index in [0.29, 0.717) is 17.9 Å². The summed E-state index contributed by atoms with van der Waals surface area (Å²) in [4.78, 5) is 0. The molecule has 0 aliphatic carbocycles. The van der Waals surface area contributed by atoms with Gasteiger partial charge in [0.15, 0.2) is 0 Å². The van der Waals surface area contributed by atoms with Gasteiger partial charge in [0.2, 0.25) is 0 Å². The number of ether oxygens (including phenoxy) is 1. The molecular formula is C13H19NO3. The highest BCUT2D eigenvalue weighted by Gasteiger charge is 2.10. The second-order valence-corrected chi connectivity index (χ2v) is 3.99. The Hall–Kier alpha value is -1.55. The van der Waals surface area contributed by atoms with Crippen LogP contribution in [-0.2, 0) is 0 Å². The summed E-state index contributed by atoms with van der Waals surface area (Å²) < 4.78 is 5.53. The van der Waals surface area contributed by atoms with Crippen molar-refractivity contribution in [1.29, 1.82) is 0 Å². The van der Waals surface area contributed by atoms with E-state index in [1.165, 1.54) is 0 Å². The lowest BCUT2D eigenvalue weighted by Gasteiger charge is -2.17. The molecule has 0 saturated heterocycles. The van der Waals surface area contributed by atoms with Crippen molar-refractivity contribution in [2.45, 2.75) is 39.4 Å². The Morgan fingerprint density at radius 3 is 2.29 bits per heavy atom. The summed E-state index contributed by atoms with van der Waals surface area (Å²) in [6.07, 6.45) is -0.0984. The molecule has 0 aliphatic rings. The minimum Gasteiger partial charge on any atom is -0.488 e. The highest BCUT2D eigenvalue weighted by molar-refractivity contribution is 6.00. The van der Waals surface area contributed by atoms with Crippen molar-refractivity contribution < 1.29 is 15.1 Å². The fraction of sp³-hybridized carbons (Fsp3) is 0.462. The van der Waals surface area contributed by atoms with E-state index in [2.05, 4.69) is 5.16 Å². The van der Waals surface area contributed by atoms with Crippen LogP contribution in [0.15, 0.2) is 29.4 Å². The first-order valence-corrected chi connectivity index (χ1v) is 5.74. The molecule has 2 N–H and O–H groups in total. The predicted octanol–water partition coefficient (Wildman–Crippen LogP) is 2.42. The van der Waals surface area contributed by atoms with E-state index in [4.69, 9.17) is 9.94 Å². The maximum atomic E-state index is 9.32. The molecule has 0 aliphatic heterocycles. The average Bonchev–Trinajstić information content (AvgIpc) is 2.32. The zero-order valence-corrected chi connectivity index (χ0v) is 10.4. The van der Waals surface area contributed by atoms with Gasteiger partial charge in [-0.05, 0) is 50.1 Å². The highest BCUT2D eigenvalue weighted by atomic mass is 16.5. The monoisotopic (exact) mass is 237 g/mol. The zero-order chi connectivity index (χ0) is 12.8. The van der Waals surface area contributed by atoms with Crippen molar-refractivity contribution in [3.8, 4) is 5.75 Å². The highest BCUT2D eigenvalue weighted by Crippen LogP contribution is 2.16. The van der Waals surface area contributed by atoms with Crippen molar-refractivity contribution in [2.75, 3.05) is 0 Å². The van der Waals surface area contributed by atoms with Crippen LogP contribution >= 0.6 is 0 Å². The largest absolute Gasteiger partial charge is 0.488 e. The first kappa shape index (κ1) is 13.5. The van der Waals surface area contributed by atoms with Gasteiger partial charge in [-0.2, -0.15) is 0 Å². The maximum absolute atomic E-state index is 9.32. The van der Waals surface area contributed by atoms with Gasteiger partial charge in [-0.15, -0.1) is 0 Å². The second kappa shape index (κ2) is 6.25. The van der Waals surface area contributed by atoms with Gasteiger partial charge in [0.25, 0.3) is 0 Å². The van der Waals surface area contributed by atoms with Crippen LogP contribution in [0, 0.1) is 0 Å². The molecule has 0 radical (unpaired) electrons. The molecule has 0 aromatic heterocycles. The van der Waals surface area contributed by atoms with Crippen LogP contribution in [0.25, 0.3) is 0 Å². The summed E-state index contributed by atoms with van der Waals surface area (Å²) >= 11 is 0. The van der Waals surface area contributed by atoms with E-state index >= 15 is 0 Å². The van der Waals surface area contributed by atoms with Crippen LogP contribution in [0.2, 0.25) is 0 Å². The maximum Gasteiger partial charge on any atom is 0.121 e. The van der Waals surface area contributed by atoms with E-state index in [1.54, 1.807) is 19.1 Å². The van der Waals surface area contributed by atoms with Crippen molar-refractivity contribution in [3.63, 3.8) is 0 Å². The second-order valence-electron chi connectivity index (χ2n) is 3.99. The molecule has 1 rings (SSSR count). The number of aliphatic hydroxyl groups is 1. The normalized spacial score (nSPS) is 15.4. The summed E-state index contributed by atoms with van der Waals surface area (Å²) in [5.74, 6) is 0.690. The van der Waals surface area contributed by atoms with E-state index in [9.17, 15) is 5.11 Å². The van der Waals surface area contributed by atoms with Crippen molar-refractivity contribution in [1.82, 2.24) is 0 Å². The Balaban J connectivity index is 2.75. The number of aliphatic hydroxyl groups excluding tert-OH is 1. The minimum atomic E-state index is -0.514. The van der Waals surface area contributed by atoms with Gasteiger partial charge in [-0.25, -0.2) is 0 Å². The Morgan fingerprint density at radius 2 is 1.88 bits per heavy atom. The Labute approximate surface area is 102 Å². The lowest BCUT2D eigenvalue weighted by atomic mass is 10.1. The Bertz CT molecular complexity index is 371. The molecule has 2 unspecified atom stereocenters. The van der Waals surface area contributed by atoms with Gasteiger partial charge in [0.05, 0.1) is 11.8 Å². The molecule has 1 aromatic carbocycles. The van der Waals surface area contributed by atoms with Crippen LogP contribution in [0.3, 0.4) is 0 Å². The summed E-state index contributed by atoms with van der Waals surface area (Å²) in [5.41, 5.74) is 1.51. The quantitative estimate of drug-likeness (QED) is 0.469. The molecule has 0 amide bonds. The number of benzene rings is 1. The van der Waals surface area contributed by atoms with Gasteiger partial charge in [0.1, 0.15) is 11.9 Å². The average molecular weight is 237 g/mol. The van der Waals surface area contributed by atoms with Crippen LogP contribution < -0.4 is 4.74 Å². The number of hydrogen-bond donors (Lipinski definition) is 2. The molecule has 0 heterocycles. The first-order valence-electron chi connectivity index (χ1n) is 5.74. The van der Waals surface area contributed by atoms with Gasteiger partial charge in [0, 0.05) is 0 Å². The van der Waals surface area contributed by atoms with Gasteiger partial charge in [-0.1, -0.05) is 12.1 Å².